The Morgan fingerprint density at radius 2 is 2.05 bits per heavy atom. The molecule has 2 fully saturated rings. The van der Waals surface area contributed by atoms with Crippen LogP contribution in [0.1, 0.15) is 5.56 Å². The number of carbonyl (C=O) groups excluding carboxylic acids is 1. The van der Waals surface area contributed by atoms with Gasteiger partial charge in [0.1, 0.15) is 18.8 Å². The highest BCUT2D eigenvalue weighted by atomic mass is 16.6. The number of hydrogen-bond acceptors (Lipinski definition) is 5. The third-order valence-electron chi connectivity index (χ3n) is 3.74. The van der Waals surface area contributed by atoms with Crippen molar-refractivity contribution in [3.05, 3.63) is 35.9 Å². The Kier molecular flexibility index (Phi) is 4.04. The standard InChI is InChI=1S/C15H16N2O4/c16-6-11-8-19-14-12(9-20-13(11)14)17-15(18)21-7-10-4-2-1-3-5-10/h1-5,11-14H,7-9H2,(H,17,18)/t11-,12-,13+,14+/m0/s1. The fraction of sp³-hybridized carbons (Fsp3) is 0.467. The van der Waals surface area contributed by atoms with Gasteiger partial charge in [0.15, 0.2) is 0 Å². The van der Waals surface area contributed by atoms with E-state index in [0.717, 1.165) is 5.56 Å². The van der Waals surface area contributed by atoms with Crippen LogP contribution >= 0.6 is 0 Å². The van der Waals surface area contributed by atoms with Crippen molar-refractivity contribution >= 4 is 6.09 Å². The zero-order valence-electron chi connectivity index (χ0n) is 11.4. The molecule has 6 nitrogen and oxygen atoms in total. The molecule has 1 N–H and O–H groups in total. The maximum absolute atomic E-state index is 11.8. The molecule has 2 saturated heterocycles. The van der Waals surface area contributed by atoms with Gasteiger partial charge in [0.2, 0.25) is 0 Å². The Labute approximate surface area is 122 Å². The fourth-order valence-corrected chi connectivity index (χ4v) is 2.65. The van der Waals surface area contributed by atoms with E-state index in [-0.39, 0.29) is 30.8 Å². The van der Waals surface area contributed by atoms with Gasteiger partial charge in [0.25, 0.3) is 0 Å². The van der Waals surface area contributed by atoms with Crippen molar-refractivity contribution in [2.24, 2.45) is 5.92 Å². The first-order chi connectivity index (χ1) is 10.3. The lowest BCUT2D eigenvalue weighted by Gasteiger charge is -2.17. The minimum atomic E-state index is -0.503. The number of carbonyl (C=O) groups is 1. The highest BCUT2D eigenvalue weighted by molar-refractivity contribution is 5.67. The van der Waals surface area contributed by atoms with Gasteiger partial charge < -0.3 is 19.5 Å². The minimum absolute atomic E-state index is 0.218. The number of ether oxygens (including phenoxy) is 3. The van der Waals surface area contributed by atoms with Crippen molar-refractivity contribution in [3.8, 4) is 6.07 Å². The molecular weight excluding hydrogens is 272 g/mol. The summed E-state index contributed by atoms with van der Waals surface area (Å²) in [6, 6.07) is 11.4. The summed E-state index contributed by atoms with van der Waals surface area (Å²) < 4.78 is 16.2. The summed E-state index contributed by atoms with van der Waals surface area (Å²) in [6.45, 7) is 0.910. The molecule has 0 unspecified atom stereocenters. The largest absolute Gasteiger partial charge is 0.445 e. The van der Waals surface area contributed by atoms with Crippen LogP contribution in [-0.4, -0.2) is 37.6 Å². The van der Waals surface area contributed by atoms with E-state index in [1.165, 1.54) is 0 Å². The molecule has 1 amide bonds. The van der Waals surface area contributed by atoms with Gasteiger partial charge in [0, 0.05) is 0 Å². The Bertz CT molecular complexity index is 542. The van der Waals surface area contributed by atoms with E-state index in [9.17, 15) is 4.79 Å². The number of nitriles is 1. The Morgan fingerprint density at radius 1 is 1.29 bits per heavy atom. The fourth-order valence-electron chi connectivity index (χ4n) is 2.65. The first-order valence-electron chi connectivity index (χ1n) is 6.88. The van der Waals surface area contributed by atoms with Crippen molar-refractivity contribution in [3.63, 3.8) is 0 Å². The molecule has 2 aliphatic rings. The molecule has 2 heterocycles. The summed E-state index contributed by atoms with van der Waals surface area (Å²) in [5.41, 5.74) is 0.926. The van der Waals surface area contributed by atoms with Gasteiger partial charge in [-0.05, 0) is 5.56 Å². The van der Waals surface area contributed by atoms with E-state index < -0.39 is 6.09 Å². The highest BCUT2D eigenvalue weighted by Gasteiger charge is 2.48. The Morgan fingerprint density at radius 3 is 2.81 bits per heavy atom. The number of nitrogens with one attached hydrogen (secondary N) is 1. The molecule has 6 heteroatoms. The summed E-state index contributed by atoms with van der Waals surface area (Å²) in [7, 11) is 0. The topological polar surface area (TPSA) is 80.6 Å². The van der Waals surface area contributed by atoms with E-state index in [1.807, 2.05) is 30.3 Å². The summed E-state index contributed by atoms with van der Waals surface area (Å²) in [6.07, 6.45) is -1.02. The SMILES string of the molecule is N#C[C@H]1CO[C@H]2[C@@H]1OC[C@@H]2NC(=O)OCc1ccccc1. The number of benzene rings is 1. The van der Waals surface area contributed by atoms with Crippen molar-refractivity contribution < 1.29 is 19.0 Å². The monoisotopic (exact) mass is 288 g/mol. The summed E-state index contributed by atoms with van der Waals surface area (Å²) in [5.74, 6) is -0.262. The highest BCUT2D eigenvalue weighted by Crippen LogP contribution is 2.30. The molecule has 21 heavy (non-hydrogen) atoms. The first-order valence-corrected chi connectivity index (χ1v) is 6.88. The average molecular weight is 288 g/mol. The Hall–Kier alpha value is -2.10. The predicted octanol–water partition coefficient (Wildman–Crippen LogP) is 1.22. The first kappa shape index (κ1) is 13.9. The van der Waals surface area contributed by atoms with E-state index in [4.69, 9.17) is 19.5 Å². The summed E-state index contributed by atoms with van der Waals surface area (Å²) in [5, 5.41) is 11.7. The van der Waals surface area contributed by atoms with Crippen LogP contribution < -0.4 is 5.32 Å². The molecule has 1 aromatic carbocycles. The zero-order chi connectivity index (χ0) is 14.7. The number of rotatable bonds is 3. The lowest BCUT2D eigenvalue weighted by Crippen LogP contribution is -2.44. The van der Waals surface area contributed by atoms with Crippen molar-refractivity contribution in [1.29, 1.82) is 5.26 Å². The van der Waals surface area contributed by atoms with Crippen LogP contribution in [0.4, 0.5) is 4.79 Å². The molecule has 0 spiro atoms. The average Bonchev–Trinajstić information content (AvgIpc) is 3.09. The van der Waals surface area contributed by atoms with Gasteiger partial charge >= 0.3 is 6.09 Å². The minimum Gasteiger partial charge on any atom is -0.445 e. The van der Waals surface area contributed by atoms with Crippen molar-refractivity contribution in [1.82, 2.24) is 5.32 Å². The second kappa shape index (κ2) is 6.12. The molecule has 4 atom stereocenters. The molecule has 110 valence electrons. The molecule has 2 aliphatic heterocycles. The Balaban J connectivity index is 1.49. The smallest absolute Gasteiger partial charge is 0.407 e. The van der Waals surface area contributed by atoms with Crippen LogP contribution in [-0.2, 0) is 20.8 Å². The molecule has 0 radical (unpaired) electrons. The lowest BCUT2D eigenvalue weighted by atomic mass is 10.0. The van der Waals surface area contributed by atoms with E-state index >= 15 is 0 Å². The van der Waals surface area contributed by atoms with Gasteiger partial charge in [-0.1, -0.05) is 30.3 Å². The molecule has 3 rings (SSSR count). The summed E-state index contributed by atoms with van der Waals surface area (Å²) >= 11 is 0. The third-order valence-corrected chi connectivity index (χ3v) is 3.74. The molecule has 0 aliphatic carbocycles. The van der Waals surface area contributed by atoms with E-state index in [1.54, 1.807) is 0 Å². The molecule has 0 aromatic heterocycles. The van der Waals surface area contributed by atoms with Gasteiger partial charge in [-0.2, -0.15) is 5.26 Å². The second-order valence-corrected chi connectivity index (χ2v) is 5.14. The molecule has 1 aromatic rings. The normalized spacial score (nSPS) is 30.4. The summed E-state index contributed by atoms with van der Waals surface area (Å²) in [4.78, 5) is 11.8. The molecule has 0 saturated carbocycles. The van der Waals surface area contributed by atoms with Gasteiger partial charge in [0.05, 0.1) is 31.2 Å². The third kappa shape index (κ3) is 2.99. The van der Waals surface area contributed by atoms with Crippen LogP contribution in [0.5, 0.6) is 0 Å². The van der Waals surface area contributed by atoms with Crippen LogP contribution in [0.15, 0.2) is 30.3 Å². The van der Waals surface area contributed by atoms with Crippen molar-refractivity contribution in [2.75, 3.05) is 13.2 Å². The number of hydrogen-bond donors (Lipinski definition) is 1. The second-order valence-electron chi connectivity index (χ2n) is 5.14. The quantitative estimate of drug-likeness (QED) is 0.904. The number of nitrogens with zero attached hydrogens (tertiary/aromatic N) is 1. The van der Waals surface area contributed by atoms with Crippen LogP contribution in [0.3, 0.4) is 0 Å². The van der Waals surface area contributed by atoms with Crippen LogP contribution in [0.2, 0.25) is 0 Å². The van der Waals surface area contributed by atoms with Crippen LogP contribution in [0, 0.1) is 17.2 Å². The van der Waals surface area contributed by atoms with Gasteiger partial charge in [-0.25, -0.2) is 4.79 Å². The van der Waals surface area contributed by atoms with Crippen molar-refractivity contribution in [2.45, 2.75) is 24.9 Å². The van der Waals surface area contributed by atoms with Gasteiger partial charge in [-0.15, -0.1) is 0 Å². The molecule has 0 bridgehead atoms. The number of amides is 1. The number of alkyl carbamates (subject to hydrolysis) is 1. The van der Waals surface area contributed by atoms with E-state index in [0.29, 0.717) is 13.2 Å². The maximum Gasteiger partial charge on any atom is 0.407 e. The lowest BCUT2D eigenvalue weighted by molar-refractivity contribution is 0.0648. The number of fused-ring (bicyclic) bond motifs is 1. The molecular formula is C15H16N2O4. The van der Waals surface area contributed by atoms with Gasteiger partial charge in [-0.3, -0.25) is 0 Å². The zero-order valence-corrected chi connectivity index (χ0v) is 11.4. The predicted molar refractivity (Wildman–Crippen MR) is 72.1 cm³/mol. The van der Waals surface area contributed by atoms with Crippen LogP contribution in [0.25, 0.3) is 0 Å². The maximum atomic E-state index is 11.8. The van der Waals surface area contributed by atoms with E-state index in [2.05, 4.69) is 11.4 Å².